The summed E-state index contributed by atoms with van der Waals surface area (Å²) < 4.78 is 37.9. The second-order valence-corrected chi connectivity index (χ2v) is 11.4. The van der Waals surface area contributed by atoms with Crippen LogP contribution in [0.15, 0.2) is 67.1 Å². The van der Waals surface area contributed by atoms with Crippen molar-refractivity contribution in [2.45, 2.75) is 26.2 Å². The van der Waals surface area contributed by atoms with Crippen molar-refractivity contribution in [3.8, 4) is 17.4 Å². The zero-order chi connectivity index (χ0) is 27.5. The molecule has 0 aliphatic heterocycles. The van der Waals surface area contributed by atoms with Gasteiger partial charge in [0.25, 0.3) is 0 Å². The average molecular weight is 536 g/mol. The van der Waals surface area contributed by atoms with Crippen molar-refractivity contribution in [2.24, 2.45) is 0 Å². The van der Waals surface area contributed by atoms with Crippen molar-refractivity contribution >= 4 is 43.9 Å². The molecule has 38 heavy (non-hydrogen) atoms. The predicted octanol–water partition coefficient (Wildman–Crippen LogP) is 5.74. The van der Waals surface area contributed by atoms with Gasteiger partial charge in [-0.1, -0.05) is 45.0 Å². The number of ether oxygens (including phenoxy) is 2. The van der Waals surface area contributed by atoms with Crippen molar-refractivity contribution in [3.05, 3.63) is 72.7 Å². The quantitative estimate of drug-likeness (QED) is 0.275. The zero-order valence-corrected chi connectivity index (χ0v) is 22.5. The molecule has 2 amide bonds. The first kappa shape index (κ1) is 26.7. The molecule has 0 bridgehead atoms. The topological polar surface area (TPSA) is 132 Å². The van der Waals surface area contributed by atoms with Crippen LogP contribution in [0.4, 0.5) is 21.9 Å². The van der Waals surface area contributed by atoms with Gasteiger partial charge in [0.05, 0.1) is 30.4 Å². The minimum absolute atomic E-state index is 0.192. The monoisotopic (exact) mass is 535 g/mol. The van der Waals surface area contributed by atoms with Gasteiger partial charge in [-0.25, -0.2) is 23.2 Å². The third kappa shape index (κ3) is 6.30. The van der Waals surface area contributed by atoms with Crippen molar-refractivity contribution < 1.29 is 22.7 Å². The number of rotatable bonds is 7. The molecular formula is C27H29N5O5S. The molecule has 1 aromatic heterocycles. The lowest BCUT2D eigenvalue weighted by atomic mass is 9.86. The Labute approximate surface area is 221 Å². The van der Waals surface area contributed by atoms with E-state index in [1.165, 1.54) is 13.4 Å². The number of amides is 2. The molecule has 0 aliphatic carbocycles. The van der Waals surface area contributed by atoms with Crippen LogP contribution < -0.4 is 24.8 Å². The molecule has 10 nitrogen and oxygen atoms in total. The highest BCUT2D eigenvalue weighted by atomic mass is 32.2. The van der Waals surface area contributed by atoms with Crippen LogP contribution >= 0.6 is 0 Å². The van der Waals surface area contributed by atoms with Crippen LogP contribution in [0.5, 0.6) is 17.4 Å². The summed E-state index contributed by atoms with van der Waals surface area (Å²) in [6.07, 6.45) is 4.04. The van der Waals surface area contributed by atoms with Gasteiger partial charge in [0.1, 0.15) is 12.1 Å². The molecule has 4 aromatic rings. The number of hydrogen-bond donors (Lipinski definition) is 3. The van der Waals surface area contributed by atoms with Gasteiger partial charge in [0, 0.05) is 23.0 Å². The highest BCUT2D eigenvalue weighted by Gasteiger charge is 2.22. The molecule has 3 aromatic carbocycles. The number of nitrogens with one attached hydrogen (secondary N) is 3. The van der Waals surface area contributed by atoms with Crippen LogP contribution in [-0.4, -0.2) is 37.8 Å². The number of aromatic nitrogens is 2. The molecule has 4 rings (SSSR count). The van der Waals surface area contributed by atoms with Crippen LogP contribution in [0.3, 0.4) is 0 Å². The first-order valence-electron chi connectivity index (χ1n) is 11.7. The van der Waals surface area contributed by atoms with Gasteiger partial charge in [-0.3, -0.25) is 4.72 Å². The van der Waals surface area contributed by atoms with Gasteiger partial charge in [0.2, 0.25) is 15.9 Å². The van der Waals surface area contributed by atoms with Gasteiger partial charge in [-0.2, -0.15) is 0 Å². The number of nitrogens with zero attached hydrogens (tertiary/aromatic N) is 2. The number of fused-ring (bicyclic) bond motifs is 1. The molecule has 0 unspecified atom stereocenters. The second kappa shape index (κ2) is 10.5. The number of sulfonamides is 1. The maximum atomic E-state index is 13.2. The Kier molecular flexibility index (Phi) is 7.40. The first-order chi connectivity index (χ1) is 17.9. The Balaban J connectivity index is 1.66. The Morgan fingerprint density at radius 2 is 1.61 bits per heavy atom. The largest absolute Gasteiger partial charge is 0.492 e. The standard InChI is InChI=1S/C27H29N5O5S/c1-27(2,3)17-14-21(25(36-4)22(15-17)32-38(5,34)35)31-26(33)30-20-10-11-23(19-9-7-6-8-18(19)20)37-24-12-13-28-16-29-24/h6-16,32H,1-5H3,(H2,30,31,33). The normalized spacial score (nSPS) is 11.6. The Bertz CT molecular complexity index is 1590. The molecule has 0 saturated carbocycles. The summed E-state index contributed by atoms with van der Waals surface area (Å²) in [6.45, 7) is 5.96. The molecular weight excluding hydrogens is 506 g/mol. The average Bonchev–Trinajstić information content (AvgIpc) is 2.84. The summed E-state index contributed by atoms with van der Waals surface area (Å²) in [5.74, 6) is 1.16. The second-order valence-electron chi connectivity index (χ2n) is 9.61. The number of carbonyl (C=O) groups is 1. The molecule has 0 atom stereocenters. The van der Waals surface area contributed by atoms with E-state index in [1.54, 1.807) is 36.5 Å². The van der Waals surface area contributed by atoms with E-state index in [-0.39, 0.29) is 16.9 Å². The van der Waals surface area contributed by atoms with Crippen molar-refractivity contribution in [3.63, 3.8) is 0 Å². The van der Waals surface area contributed by atoms with E-state index in [4.69, 9.17) is 9.47 Å². The van der Waals surface area contributed by atoms with Gasteiger partial charge in [-0.15, -0.1) is 0 Å². The van der Waals surface area contributed by atoms with Crippen LogP contribution in [-0.2, 0) is 15.4 Å². The van der Waals surface area contributed by atoms with E-state index in [0.717, 1.165) is 22.6 Å². The molecule has 3 N–H and O–H groups in total. The summed E-state index contributed by atoms with van der Waals surface area (Å²) >= 11 is 0. The van der Waals surface area contributed by atoms with Crippen LogP contribution in [0, 0.1) is 0 Å². The number of hydrogen-bond acceptors (Lipinski definition) is 7. The highest BCUT2D eigenvalue weighted by molar-refractivity contribution is 7.92. The molecule has 0 aliphatic rings. The summed E-state index contributed by atoms with van der Waals surface area (Å²) in [6, 6.07) is 15.6. The van der Waals surface area contributed by atoms with Gasteiger partial charge in [0.15, 0.2) is 5.75 Å². The minimum Gasteiger partial charge on any atom is -0.492 e. The van der Waals surface area contributed by atoms with E-state index in [2.05, 4.69) is 25.3 Å². The van der Waals surface area contributed by atoms with E-state index in [0.29, 0.717) is 23.0 Å². The Hall–Kier alpha value is -4.38. The van der Waals surface area contributed by atoms with Crippen LogP contribution in [0.1, 0.15) is 26.3 Å². The van der Waals surface area contributed by atoms with Gasteiger partial charge in [-0.05, 0) is 35.2 Å². The minimum atomic E-state index is -3.59. The molecule has 0 spiro atoms. The number of carbonyl (C=O) groups excluding carboxylic acids is 1. The number of urea groups is 1. The maximum Gasteiger partial charge on any atom is 0.323 e. The predicted molar refractivity (Wildman–Crippen MR) is 149 cm³/mol. The highest BCUT2D eigenvalue weighted by Crippen LogP contribution is 2.39. The van der Waals surface area contributed by atoms with E-state index < -0.39 is 16.1 Å². The molecule has 0 saturated heterocycles. The van der Waals surface area contributed by atoms with E-state index >= 15 is 0 Å². The lowest BCUT2D eigenvalue weighted by molar-refractivity contribution is 0.262. The smallest absolute Gasteiger partial charge is 0.323 e. The van der Waals surface area contributed by atoms with Gasteiger partial charge >= 0.3 is 6.03 Å². The van der Waals surface area contributed by atoms with E-state index in [9.17, 15) is 13.2 Å². The number of anilines is 3. The van der Waals surface area contributed by atoms with Gasteiger partial charge < -0.3 is 20.1 Å². The molecule has 11 heteroatoms. The molecule has 198 valence electrons. The Morgan fingerprint density at radius 1 is 0.921 bits per heavy atom. The maximum absolute atomic E-state index is 13.2. The lowest BCUT2D eigenvalue weighted by Crippen LogP contribution is -2.22. The summed E-state index contributed by atoms with van der Waals surface area (Å²) in [4.78, 5) is 21.2. The first-order valence-corrected chi connectivity index (χ1v) is 13.6. The van der Waals surface area contributed by atoms with Crippen LogP contribution in [0.25, 0.3) is 10.8 Å². The third-order valence-electron chi connectivity index (χ3n) is 5.60. The van der Waals surface area contributed by atoms with Crippen molar-refractivity contribution in [1.82, 2.24) is 9.97 Å². The van der Waals surface area contributed by atoms with Crippen LogP contribution in [0.2, 0.25) is 0 Å². The third-order valence-corrected chi connectivity index (χ3v) is 6.19. The zero-order valence-electron chi connectivity index (χ0n) is 21.7. The Morgan fingerprint density at radius 3 is 2.24 bits per heavy atom. The number of methoxy groups -OCH3 is 1. The van der Waals surface area contributed by atoms with Crippen molar-refractivity contribution in [2.75, 3.05) is 28.7 Å². The summed E-state index contributed by atoms with van der Waals surface area (Å²) in [5, 5.41) is 7.21. The van der Waals surface area contributed by atoms with E-state index in [1.807, 2.05) is 45.0 Å². The fourth-order valence-corrected chi connectivity index (χ4v) is 4.40. The lowest BCUT2D eigenvalue weighted by Gasteiger charge is -2.24. The molecule has 1 heterocycles. The summed E-state index contributed by atoms with van der Waals surface area (Å²) in [7, 11) is -2.19. The number of benzene rings is 3. The fourth-order valence-electron chi connectivity index (χ4n) is 3.85. The fraction of sp³-hybridized carbons (Fsp3) is 0.222. The molecule has 0 radical (unpaired) electrons. The summed E-state index contributed by atoms with van der Waals surface area (Å²) in [5.41, 5.74) is 1.57. The molecule has 0 fully saturated rings. The SMILES string of the molecule is COc1c(NC(=O)Nc2ccc(Oc3ccncn3)c3ccccc23)cc(C(C)(C)C)cc1NS(C)(=O)=O. The van der Waals surface area contributed by atoms with Crippen molar-refractivity contribution in [1.29, 1.82) is 0 Å².